The molecule has 12 aromatic carbocycles. The highest BCUT2D eigenvalue weighted by atomic mass is 14.7. The maximum absolute atomic E-state index is 4.87. The summed E-state index contributed by atoms with van der Waals surface area (Å²) in [4.78, 5) is 4.87. The predicted octanol–water partition coefficient (Wildman–Crippen LogP) is 20.0. The number of rotatable bonds is 3. The lowest BCUT2D eigenvalue weighted by Crippen LogP contribution is -2.16. The summed E-state index contributed by atoms with van der Waals surface area (Å²) >= 11 is 0. The van der Waals surface area contributed by atoms with E-state index in [1.54, 1.807) is 0 Å². The van der Waals surface area contributed by atoms with Crippen molar-refractivity contribution in [3.63, 3.8) is 0 Å². The Balaban J connectivity index is 1.36. The van der Waals surface area contributed by atoms with Crippen LogP contribution in [0.15, 0.2) is 152 Å². The number of aromatic nitrogens is 1. The maximum Gasteiger partial charge on any atom is 0.0702 e. The minimum atomic E-state index is -0.0734. The summed E-state index contributed by atoms with van der Waals surface area (Å²) in [6, 6.07) is 57.1. The van der Waals surface area contributed by atoms with Gasteiger partial charge in [0.15, 0.2) is 0 Å². The van der Waals surface area contributed by atoms with Gasteiger partial charge < -0.3 is 0 Å². The lowest BCUT2D eigenvalue weighted by Gasteiger charge is -2.28. The van der Waals surface area contributed by atoms with Crippen LogP contribution in [0.25, 0.3) is 130 Å². The Morgan fingerprint density at radius 2 is 0.786 bits per heavy atom. The van der Waals surface area contributed by atoms with E-state index < -0.39 is 0 Å². The van der Waals surface area contributed by atoms with E-state index in [0.29, 0.717) is 0 Å². The van der Waals surface area contributed by atoms with Crippen LogP contribution >= 0.6 is 0 Å². The first kappa shape index (κ1) is 43.0. The average Bonchev–Trinajstić information content (AvgIpc) is 3.83. The number of pyridine rings is 1. The molecular formula is C69H61N. The molecule has 1 heterocycles. The van der Waals surface area contributed by atoms with E-state index >= 15 is 0 Å². The highest BCUT2D eigenvalue weighted by Gasteiger charge is 2.31. The van der Waals surface area contributed by atoms with Crippen LogP contribution in [-0.2, 0) is 21.7 Å². The van der Waals surface area contributed by atoms with Crippen molar-refractivity contribution in [3.05, 3.63) is 174 Å². The molecule has 0 aliphatic heterocycles. The van der Waals surface area contributed by atoms with Crippen LogP contribution in [0.3, 0.4) is 0 Å². The number of hydrogen-bond donors (Lipinski definition) is 0. The van der Waals surface area contributed by atoms with E-state index in [2.05, 4.69) is 223 Å². The van der Waals surface area contributed by atoms with E-state index in [1.165, 1.54) is 141 Å². The zero-order chi connectivity index (χ0) is 48.6. The van der Waals surface area contributed by atoms with Gasteiger partial charge in [-0.15, -0.1) is 0 Å². The summed E-state index contributed by atoms with van der Waals surface area (Å²) in [7, 11) is 0. The van der Waals surface area contributed by atoms with Gasteiger partial charge in [0.05, 0.1) is 5.69 Å². The fourth-order valence-corrected chi connectivity index (χ4v) is 12.3. The van der Waals surface area contributed by atoms with E-state index in [1.807, 2.05) is 12.3 Å². The van der Waals surface area contributed by atoms with Crippen LogP contribution in [0.1, 0.15) is 105 Å². The number of benzene rings is 10. The molecule has 0 atom stereocenters. The monoisotopic (exact) mass is 903 g/mol. The molecule has 0 N–H and O–H groups in total. The standard InChI is InChI=1S/C69H61N/c1-66(2,3)44-30-42(31-45(35-44)67(4,5)6)58-55-37-53-49-19-14-13-18-48(49)50-20-17-21-51(61(50)53)62(55)60(43-32-46(68(7,8)9)36-47(33-43)69(10,11)12)64-52-26-25-38-23-24-39-28-40(56-22-15-16-27-70-56)29-41-34-54(65(58)64)63(52)59(38)57(39)41/h13-37H,1-12H3. The Kier molecular flexibility index (Phi) is 8.75. The van der Waals surface area contributed by atoms with Gasteiger partial charge in [-0.25, -0.2) is 0 Å². The molecule has 0 amide bonds. The van der Waals surface area contributed by atoms with Crippen molar-refractivity contribution in [1.29, 1.82) is 0 Å². The summed E-state index contributed by atoms with van der Waals surface area (Å²) in [6.45, 7) is 28.5. The van der Waals surface area contributed by atoms with Crippen LogP contribution in [0.2, 0.25) is 0 Å². The van der Waals surface area contributed by atoms with Gasteiger partial charge in [-0.2, -0.15) is 0 Å². The normalized spacial score (nSPS) is 13.4. The van der Waals surface area contributed by atoms with Gasteiger partial charge in [-0.1, -0.05) is 192 Å². The molecule has 0 aliphatic carbocycles. The summed E-state index contributed by atoms with van der Waals surface area (Å²) in [5.41, 5.74) is 12.5. The average molecular weight is 904 g/mol. The quantitative estimate of drug-likeness (QED) is 0.161. The first-order valence-corrected chi connectivity index (χ1v) is 25.4. The Morgan fingerprint density at radius 3 is 1.40 bits per heavy atom. The number of hydrogen-bond acceptors (Lipinski definition) is 1. The van der Waals surface area contributed by atoms with Crippen molar-refractivity contribution in [3.8, 4) is 33.5 Å². The molecule has 0 bridgehead atoms. The lowest BCUT2D eigenvalue weighted by molar-refractivity contribution is 0.568. The molecule has 0 spiro atoms. The predicted molar refractivity (Wildman–Crippen MR) is 306 cm³/mol. The molecule has 342 valence electrons. The minimum absolute atomic E-state index is 0.0701. The Hall–Kier alpha value is -7.09. The zero-order valence-electron chi connectivity index (χ0n) is 42.9. The van der Waals surface area contributed by atoms with Gasteiger partial charge in [0.2, 0.25) is 0 Å². The topological polar surface area (TPSA) is 12.9 Å². The van der Waals surface area contributed by atoms with Crippen molar-refractivity contribution >= 4 is 97.0 Å². The summed E-state index contributed by atoms with van der Waals surface area (Å²) in [5.74, 6) is 0. The van der Waals surface area contributed by atoms with E-state index in [-0.39, 0.29) is 21.7 Å². The molecule has 13 aromatic rings. The molecule has 1 aromatic heterocycles. The summed E-state index contributed by atoms with van der Waals surface area (Å²) < 4.78 is 0. The molecule has 0 fully saturated rings. The first-order valence-electron chi connectivity index (χ1n) is 25.4. The largest absolute Gasteiger partial charge is 0.256 e. The molecule has 0 aliphatic rings. The molecule has 1 nitrogen and oxygen atoms in total. The van der Waals surface area contributed by atoms with Crippen LogP contribution < -0.4 is 0 Å². The van der Waals surface area contributed by atoms with Crippen LogP contribution in [-0.4, -0.2) is 4.98 Å². The molecule has 0 saturated carbocycles. The molecular weight excluding hydrogens is 843 g/mol. The van der Waals surface area contributed by atoms with Crippen molar-refractivity contribution in [2.45, 2.75) is 105 Å². The van der Waals surface area contributed by atoms with Gasteiger partial charge >= 0.3 is 0 Å². The summed E-state index contributed by atoms with van der Waals surface area (Å²) in [6.07, 6.45) is 1.91. The van der Waals surface area contributed by atoms with Crippen LogP contribution in [0, 0.1) is 0 Å². The molecule has 70 heavy (non-hydrogen) atoms. The minimum Gasteiger partial charge on any atom is -0.256 e. The third-order valence-electron chi connectivity index (χ3n) is 16.0. The number of fused-ring (bicyclic) bond motifs is 8. The third-order valence-corrected chi connectivity index (χ3v) is 16.0. The SMILES string of the molecule is CC(C)(C)c1cc(-c2c3cc4c5ccccc5c5cccc(c3c(-c3cc(C(C)(C)C)cc(C(C)(C)C)c3)c3c6ccc7ccc8cc(-c9ccccn9)cc9cc(c23)c6c7c89)c54)cc(C(C)(C)C)c1. The van der Waals surface area contributed by atoms with E-state index in [0.717, 1.165) is 11.3 Å². The highest BCUT2D eigenvalue weighted by molar-refractivity contribution is 6.47. The molecule has 1 heteroatoms. The number of nitrogens with zero attached hydrogens (tertiary/aromatic N) is 1. The fraction of sp³-hybridized carbons (Fsp3) is 0.232. The van der Waals surface area contributed by atoms with Gasteiger partial charge in [0, 0.05) is 11.8 Å². The lowest BCUT2D eigenvalue weighted by atomic mass is 9.76. The van der Waals surface area contributed by atoms with E-state index in [9.17, 15) is 0 Å². The zero-order valence-corrected chi connectivity index (χ0v) is 42.9. The maximum atomic E-state index is 4.87. The van der Waals surface area contributed by atoms with Gasteiger partial charge in [-0.05, 0) is 200 Å². The van der Waals surface area contributed by atoms with E-state index in [4.69, 9.17) is 4.98 Å². The van der Waals surface area contributed by atoms with Gasteiger partial charge in [0.25, 0.3) is 0 Å². The summed E-state index contributed by atoms with van der Waals surface area (Å²) in [5, 5.41) is 23.8. The third kappa shape index (κ3) is 6.19. The van der Waals surface area contributed by atoms with Gasteiger partial charge in [-0.3, -0.25) is 4.98 Å². The Labute approximate surface area is 412 Å². The van der Waals surface area contributed by atoms with Crippen molar-refractivity contribution in [2.75, 3.05) is 0 Å². The molecule has 13 rings (SSSR count). The van der Waals surface area contributed by atoms with Crippen molar-refractivity contribution in [2.24, 2.45) is 0 Å². The second kappa shape index (κ2) is 14.3. The molecule has 0 saturated heterocycles. The molecule has 0 radical (unpaired) electrons. The second-order valence-electron chi connectivity index (χ2n) is 24.8. The van der Waals surface area contributed by atoms with Gasteiger partial charge in [0.1, 0.15) is 0 Å². The van der Waals surface area contributed by atoms with Crippen molar-refractivity contribution in [1.82, 2.24) is 4.98 Å². The highest BCUT2D eigenvalue weighted by Crippen LogP contribution is 2.57. The first-order chi connectivity index (χ1) is 33.2. The smallest absolute Gasteiger partial charge is 0.0702 e. The second-order valence-corrected chi connectivity index (χ2v) is 24.8. The molecule has 0 unspecified atom stereocenters. The Morgan fingerprint density at radius 1 is 0.271 bits per heavy atom. The fourth-order valence-electron chi connectivity index (χ4n) is 12.3. The Bertz CT molecular complexity index is 4220. The van der Waals surface area contributed by atoms with Crippen LogP contribution in [0.5, 0.6) is 0 Å². The van der Waals surface area contributed by atoms with Crippen LogP contribution in [0.4, 0.5) is 0 Å². The van der Waals surface area contributed by atoms with Crippen molar-refractivity contribution < 1.29 is 0 Å².